The molecule has 1 N–H and O–H groups in total. The van der Waals surface area contributed by atoms with Gasteiger partial charge in [0, 0.05) is 32.8 Å². The number of amidine groups is 2. The van der Waals surface area contributed by atoms with Gasteiger partial charge in [0.15, 0.2) is 5.84 Å². The van der Waals surface area contributed by atoms with Crippen molar-refractivity contribution in [1.82, 2.24) is 9.88 Å². The van der Waals surface area contributed by atoms with E-state index in [4.69, 9.17) is 9.98 Å². The molecule has 2 aliphatic rings. The molecule has 7 aromatic rings. The summed E-state index contributed by atoms with van der Waals surface area (Å²) in [6.07, 6.45) is -0.200. The number of aliphatic imine (C=N–C) groups is 2. The van der Waals surface area contributed by atoms with Crippen molar-refractivity contribution in [3.05, 3.63) is 196 Å². The summed E-state index contributed by atoms with van der Waals surface area (Å²) in [6, 6.07) is 47.8. The van der Waals surface area contributed by atoms with Crippen LogP contribution in [0.15, 0.2) is 173 Å². The van der Waals surface area contributed by atoms with E-state index in [1.165, 1.54) is 6.08 Å². The fraction of sp³-hybridized carbons (Fsp3) is 0.0417. The van der Waals surface area contributed by atoms with E-state index >= 15 is 0 Å². The minimum Gasteiger partial charge on any atom is -0.324 e. The van der Waals surface area contributed by atoms with Crippen LogP contribution < -0.4 is 15.8 Å². The average Bonchev–Trinajstić information content (AvgIpc) is 3.59. The first-order valence-electron chi connectivity index (χ1n) is 18.2. The number of para-hydroxylation sites is 1. The number of hydrogen-bond acceptors (Lipinski definition) is 5. The zero-order valence-electron chi connectivity index (χ0n) is 30.1. The molecule has 1 aliphatic heterocycles. The Balaban J connectivity index is 1.34. The molecule has 0 unspecified atom stereocenters. The van der Waals surface area contributed by atoms with Crippen LogP contribution in [0.1, 0.15) is 28.7 Å². The highest BCUT2D eigenvalue weighted by Crippen LogP contribution is 2.37. The predicted molar refractivity (Wildman–Crippen MR) is 219 cm³/mol. The van der Waals surface area contributed by atoms with Crippen LogP contribution in [0.25, 0.3) is 50.0 Å². The quantitative estimate of drug-likeness (QED) is 0.195. The summed E-state index contributed by atoms with van der Waals surface area (Å²) in [5, 5.41) is 25.5. The molecule has 9 heteroatoms. The van der Waals surface area contributed by atoms with Crippen LogP contribution in [-0.4, -0.2) is 22.4 Å². The molecule has 9 rings (SSSR count). The summed E-state index contributed by atoms with van der Waals surface area (Å²) in [4.78, 5) is 9.90. The fourth-order valence-corrected chi connectivity index (χ4v) is 7.57. The first-order chi connectivity index (χ1) is 27.8. The zero-order chi connectivity index (χ0) is 39.1. The van der Waals surface area contributed by atoms with Crippen molar-refractivity contribution in [3.63, 3.8) is 0 Å². The third kappa shape index (κ3) is 6.37. The molecule has 272 valence electrons. The maximum absolute atomic E-state index is 14.7. The Hall–Kier alpha value is -7.75. The van der Waals surface area contributed by atoms with Gasteiger partial charge in [0.05, 0.1) is 39.9 Å². The van der Waals surface area contributed by atoms with Crippen LogP contribution in [0.5, 0.6) is 0 Å². The second-order valence-electron chi connectivity index (χ2n) is 13.6. The van der Waals surface area contributed by atoms with Gasteiger partial charge in [-0.05, 0) is 70.8 Å². The zero-order valence-corrected chi connectivity index (χ0v) is 30.1. The van der Waals surface area contributed by atoms with Gasteiger partial charge in [-0.15, -0.1) is 0 Å². The lowest BCUT2D eigenvalue weighted by molar-refractivity contribution is -0.0874. The topological polar surface area (TPSA) is 89.3 Å². The summed E-state index contributed by atoms with van der Waals surface area (Å²) in [6.45, 7) is 0. The molecule has 0 bridgehead atoms. The molecule has 2 heterocycles. The van der Waals surface area contributed by atoms with Crippen molar-refractivity contribution in [2.45, 2.75) is 12.6 Å². The Bertz CT molecular complexity index is 3120. The van der Waals surface area contributed by atoms with Gasteiger partial charge in [0.1, 0.15) is 11.7 Å². The van der Waals surface area contributed by atoms with Gasteiger partial charge in [-0.25, -0.2) is 9.98 Å². The van der Waals surface area contributed by atoms with E-state index in [2.05, 4.69) is 22.0 Å². The van der Waals surface area contributed by atoms with E-state index in [-0.39, 0.29) is 12.0 Å². The van der Waals surface area contributed by atoms with Gasteiger partial charge in [-0.1, -0.05) is 115 Å². The van der Waals surface area contributed by atoms with Gasteiger partial charge >= 0.3 is 6.18 Å². The number of alkyl halides is 3. The number of rotatable bonds is 4. The number of aromatic nitrogens is 1. The van der Waals surface area contributed by atoms with Crippen molar-refractivity contribution in [3.8, 4) is 29.0 Å². The number of benzene rings is 6. The van der Waals surface area contributed by atoms with E-state index in [9.17, 15) is 23.7 Å². The van der Waals surface area contributed by atoms with Crippen LogP contribution >= 0.6 is 0 Å². The minimum absolute atomic E-state index is 0.0814. The van der Waals surface area contributed by atoms with Gasteiger partial charge < -0.3 is 9.88 Å². The standard InChI is InChI=1S/C48H29F3N6/c49-48(50,51)42-17-9-7-15-38(42)37-23-21-35(27-41(37)47-55-45(31-11-3-1-4-12-31)54-46(56-47)32-13-5-2-6-14-32)57-43-18-10-8-16-39(43)40-26-33(20-24-44(40)57)36-22-19-30(28-52)25-34(36)29-53/h1-14,16-27H,15H2,(H,54,55,56). The highest BCUT2D eigenvalue weighted by atomic mass is 19.4. The van der Waals surface area contributed by atoms with Crippen molar-refractivity contribution in [1.29, 1.82) is 10.5 Å². The molecule has 1 aliphatic carbocycles. The molecule has 0 spiro atoms. The van der Waals surface area contributed by atoms with Gasteiger partial charge in [-0.2, -0.15) is 23.7 Å². The first kappa shape index (κ1) is 35.0. The minimum atomic E-state index is -4.58. The Labute approximate surface area is 325 Å². The number of halogens is 3. The number of fused-ring (bicyclic) bond motifs is 3. The Kier molecular flexibility index (Phi) is 8.68. The van der Waals surface area contributed by atoms with Crippen molar-refractivity contribution in [2.24, 2.45) is 9.98 Å². The number of allylic oxidation sites excluding steroid dienone is 4. The highest BCUT2D eigenvalue weighted by molar-refractivity contribution is 6.16. The normalized spacial score (nSPS) is 16.0. The van der Waals surface area contributed by atoms with Crippen molar-refractivity contribution >= 4 is 44.9 Å². The Morgan fingerprint density at radius 1 is 0.649 bits per heavy atom. The summed E-state index contributed by atoms with van der Waals surface area (Å²) in [5.74, 6) is 1.29. The lowest BCUT2D eigenvalue weighted by Crippen LogP contribution is -2.39. The molecular formula is C48H29F3N6. The van der Waals surface area contributed by atoms with Crippen LogP contribution in [0.2, 0.25) is 0 Å². The molecule has 0 radical (unpaired) electrons. The van der Waals surface area contributed by atoms with Gasteiger partial charge in [0.2, 0.25) is 0 Å². The first-order valence-corrected chi connectivity index (χ1v) is 18.2. The van der Waals surface area contributed by atoms with Gasteiger partial charge in [0.25, 0.3) is 0 Å². The molecule has 0 fully saturated rings. The largest absolute Gasteiger partial charge is 0.416 e. The number of nitrogens with one attached hydrogen (secondary N) is 1. The molecule has 1 aromatic heterocycles. The lowest BCUT2D eigenvalue weighted by Gasteiger charge is -2.20. The maximum atomic E-state index is 14.7. The number of hydrogen-bond donors (Lipinski definition) is 1. The van der Waals surface area contributed by atoms with E-state index in [1.807, 2.05) is 115 Å². The van der Waals surface area contributed by atoms with E-state index < -0.39 is 11.7 Å². The third-order valence-electron chi connectivity index (χ3n) is 10.2. The summed E-state index contributed by atoms with van der Waals surface area (Å²) in [5.41, 5.74) is 5.75. The molecular weight excluding hydrogens is 718 g/mol. The second-order valence-corrected chi connectivity index (χ2v) is 13.6. The molecule has 0 amide bonds. The Morgan fingerprint density at radius 3 is 2.14 bits per heavy atom. The highest BCUT2D eigenvalue weighted by Gasteiger charge is 2.36. The smallest absolute Gasteiger partial charge is 0.324 e. The van der Waals surface area contributed by atoms with E-state index in [1.54, 1.807) is 30.3 Å². The number of nitrogens with zero attached hydrogens (tertiary/aromatic N) is 5. The van der Waals surface area contributed by atoms with Crippen LogP contribution in [0.3, 0.4) is 0 Å². The van der Waals surface area contributed by atoms with Crippen molar-refractivity contribution in [2.75, 3.05) is 0 Å². The number of nitriles is 2. The van der Waals surface area contributed by atoms with Crippen LogP contribution in [0.4, 0.5) is 13.2 Å². The summed E-state index contributed by atoms with van der Waals surface area (Å²) < 4.78 is 46.1. The predicted octanol–water partition coefficient (Wildman–Crippen LogP) is 9.36. The SMILES string of the molecule is N#Cc1ccc(-c2ccc3c(c2)c2ccccc2n3-c2ccc(=C3CC=CC=C3C(F)(F)F)c(=C3N=C(c4ccccc4)N=C(c4ccccc4)N3)c2)c(C#N)c1. The van der Waals surface area contributed by atoms with E-state index in [0.29, 0.717) is 50.3 Å². The van der Waals surface area contributed by atoms with Crippen molar-refractivity contribution < 1.29 is 13.2 Å². The van der Waals surface area contributed by atoms with Crippen LogP contribution in [-0.2, 0) is 0 Å². The van der Waals surface area contributed by atoms with E-state index in [0.717, 1.165) is 44.6 Å². The molecule has 6 nitrogen and oxygen atoms in total. The van der Waals surface area contributed by atoms with Crippen LogP contribution in [0, 0.1) is 22.7 Å². The fourth-order valence-electron chi connectivity index (χ4n) is 7.57. The summed E-state index contributed by atoms with van der Waals surface area (Å²) in [7, 11) is 0. The summed E-state index contributed by atoms with van der Waals surface area (Å²) >= 11 is 0. The third-order valence-corrected chi connectivity index (χ3v) is 10.2. The molecule has 0 saturated heterocycles. The van der Waals surface area contributed by atoms with Gasteiger partial charge in [-0.3, -0.25) is 0 Å². The average molecular weight is 747 g/mol. The molecule has 57 heavy (non-hydrogen) atoms. The molecule has 0 atom stereocenters. The lowest BCUT2D eigenvalue weighted by atomic mass is 9.94. The maximum Gasteiger partial charge on any atom is 0.416 e. The second kappa shape index (κ2) is 14.2. The molecule has 6 aromatic carbocycles. The molecule has 0 saturated carbocycles. The monoisotopic (exact) mass is 746 g/mol. The Morgan fingerprint density at radius 2 is 1.39 bits per heavy atom.